The summed E-state index contributed by atoms with van der Waals surface area (Å²) in [5.74, 6) is 27.8. The van der Waals surface area contributed by atoms with Gasteiger partial charge in [-0.25, -0.2) is 19.2 Å². The van der Waals surface area contributed by atoms with Crippen LogP contribution in [0.3, 0.4) is 0 Å². The van der Waals surface area contributed by atoms with Crippen LogP contribution in [0.15, 0.2) is 146 Å². The number of unbranched alkanes of at least 4 members (excludes halogenated alkanes) is 32. The lowest BCUT2D eigenvalue weighted by Crippen LogP contribution is -2.03. The lowest BCUT2D eigenvalue weighted by atomic mass is 9.99. The highest BCUT2D eigenvalue weighted by Gasteiger charge is 2.18. The number of rotatable bonds is 55. The quantitative estimate of drug-likeness (QED) is 0.0117. The highest BCUT2D eigenvalue weighted by molar-refractivity contribution is 5.94. The van der Waals surface area contributed by atoms with Crippen LogP contribution in [0, 0.1) is 83.4 Å². The maximum Gasteiger partial charge on any atom is 0.339 e. The van der Waals surface area contributed by atoms with Gasteiger partial charge in [-0.05, 0) is 255 Å². The van der Waals surface area contributed by atoms with Crippen LogP contribution in [-0.2, 0) is 25.7 Å². The Hall–Kier alpha value is -10.7. The summed E-state index contributed by atoms with van der Waals surface area (Å²) in [6.07, 6.45) is 81.1. The molecular weight excluding hydrogens is 1450 g/mol. The summed E-state index contributed by atoms with van der Waals surface area (Å²) in [6.45, 7) is 15.6. The third-order valence-corrected chi connectivity index (χ3v) is 18.6. The second kappa shape index (κ2) is 81.9. The number of terminal acetylenes is 1. The smallest absolute Gasteiger partial charge is 0.339 e. The van der Waals surface area contributed by atoms with Gasteiger partial charge in [0, 0.05) is 0 Å². The van der Waals surface area contributed by atoms with Crippen LogP contribution < -0.4 is 0 Å². The average Bonchev–Trinajstić information content (AvgIpc) is 0.868. The summed E-state index contributed by atoms with van der Waals surface area (Å²) in [4.78, 5) is 44.8. The number of carbonyl (C=O) groups is 4. The molecule has 4 aromatic carbocycles. The van der Waals surface area contributed by atoms with Gasteiger partial charge in [0.15, 0.2) is 0 Å². The van der Waals surface area contributed by atoms with Crippen molar-refractivity contribution in [2.75, 3.05) is 0 Å². The fraction of sp³-hybridized carbons (Fsp3) is 0.486. The van der Waals surface area contributed by atoms with E-state index >= 15 is 0 Å². The second-order valence-corrected chi connectivity index (χ2v) is 28.4. The number of benzene rings is 4. The van der Waals surface area contributed by atoms with E-state index in [1.165, 1.54) is 198 Å². The van der Waals surface area contributed by atoms with E-state index in [1.807, 2.05) is 12.1 Å². The molecule has 12 heteroatoms. The number of carboxylic acid groups (broad SMARTS) is 4. The molecule has 4 rings (SSSR count). The zero-order chi connectivity index (χ0) is 86.5. The third-order valence-electron chi connectivity index (χ3n) is 18.6. The standard InChI is InChI=1S/C22H36O3.C22H34O3.C22H32O3.C22H30O3.C9H4.C8H6/c4*1-2-3-4-5-6-7-8-9-10-11-12-13-14-16-19-17-15-18-20(23)21(19)22(24)25;1-3-5-7-9-8-6-4-2;1-3-5-7-8-6-4-2/h15,17-18,23H,2-14,16H2,1H3,(H,24,25);7-8,15,17-18,23H,2-6,9-14,16H2,1H3,(H,24,25);4-5,7-8,15,17-18,23H,2-3,6,9-14,16H2,1H3,(H,24,25);2,4-5,7-8,15,17-18,23H,1,3,6,9-14,16H2,(H,24,25);1H,2H3;1-2H3/b;8-7-;2*5-4-,8-7-;;. The Bertz CT molecular complexity index is 3920. The van der Waals surface area contributed by atoms with E-state index in [0.717, 1.165) is 119 Å². The Labute approximate surface area is 707 Å². The molecular formula is C105H142O12. The Morgan fingerprint density at radius 3 is 0.769 bits per heavy atom. The molecule has 8 N–H and O–H groups in total. The Kier molecular flexibility index (Phi) is 75.8. The zero-order valence-electron chi connectivity index (χ0n) is 72.1. The number of hydrogen-bond acceptors (Lipinski definition) is 8. The van der Waals surface area contributed by atoms with Gasteiger partial charge in [0.25, 0.3) is 0 Å². The minimum Gasteiger partial charge on any atom is -0.507 e. The van der Waals surface area contributed by atoms with Gasteiger partial charge < -0.3 is 40.9 Å². The van der Waals surface area contributed by atoms with E-state index in [4.69, 9.17) is 6.42 Å². The molecule has 0 aliphatic rings. The minimum absolute atomic E-state index is 0.0507. The van der Waals surface area contributed by atoms with Crippen molar-refractivity contribution >= 4 is 23.9 Å². The number of carboxylic acids is 4. The molecule has 0 heterocycles. The van der Waals surface area contributed by atoms with Crippen molar-refractivity contribution in [2.45, 2.75) is 330 Å². The molecule has 0 spiro atoms. The van der Waals surface area contributed by atoms with Gasteiger partial charge in [-0.2, -0.15) is 0 Å². The largest absolute Gasteiger partial charge is 0.507 e. The van der Waals surface area contributed by atoms with E-state index < -0.39 is 23.9 Å². The highest BCUT2D eigenvalue weighted by atomic mass is 16.4. The van der Waals surface area contributed by atoms with Crippen LogP contribution in [0.4, 0.5) is 0 Å². The first-order valence-electron chi connectivity index (χ1n) is 43.2. The lowest BCUT2D eigenvalue weighted by Gasteiger charge is -2.08. The van der Waals surface area contributed by atoms with Gasteiger partial charge in [0.05, 0.1) is 0 Å². The van der Waals surface area contributed by atoms with Crippen molar-refractivity contribution in [3.8, 4) is 106 Å². The highest BCUT2D eigenvalue weighted by Crippen LogP contribution is 2.28. The molecule has 0 amide bonds. The molecule has 0 radical (unpaired) electrons. The molecule has 0 bridgehead atoms. The topological polar surface area (TPSA) is 230 Å². The summed E-state index contributed by atoms with van der Waals surface area (Å²) >= 11 is 0. The van der Waals surface area contributed by atoms with Crippen molar-refractivity contribution in [3.05, 3.63) is 191 Å². The van der Waals surface area contributed by atoms with Crippen LogP contribution in [0.1, 0.15) is 368 Å². The van der Waals surface area contributed by atoms with E-state index in [-0.39, 0.29) is 45.3 Å². The number of allylic oxidation sites excluding steroid dienone is 11. The Balaban J connectivity index is 0. The van der Waals surface area contributed by atoms with Gasteiger partial charge in [-0.1, -0.05) is 314 Å². The number of aromatic hydroxyl groups is 4. The molecule has 4 aromatic rings. The fourth-order valence-electron chi connectivity index (χ4n) is 12.4. The maximum atomic E-state index is 11.2. The second-order valence-electron chi connectivity index (χ2n) is 28.4. The normalized spacial score (nSPS) is 10.2. The molecule has 0 aliphatic heterocycles. The number of aromatic carboxylic acids is 4. The van der Waals surface area contributed by atoms with Gasteiger partial charge in [0.1, 0.15) is 45.3 Å². The van der Waals surface area contributed by atoms with Crippen molar-refractivity contribution in [1.82, 2.24) is 0 Å². The van der Waals surface area contributed by atoms with E-state index in [0.29, 0.717) is 19.3 Å². The third kappa shape index (κ3) is 64.2. The predicted molar refractivity (Wildman–Crippen MR) is 490 cm³/mol. The van der Waals surface area contributed by atoms with Gasteiger partial charge in [-0.3, -0.25) is 0 Å². The lowest BCUT2D eigenvalue weighted by molar-refractivity contribution is 0.0681. The number of hydrogen-bond donors (Lipinski definition) is 8. The Morgan fingerprint density at radius 1 is 0.291 bits per heavy atom. The van der Waals surface area contributed by atoms with E-state index in [9.17, 15) is 60.0 Å². The molecule has 0 unspecified atom stereocenters. The van der Waals surface area contributed by atoms with Gasteiger partial charge in [0.2, 0.25) is 0 Å². The van der Waals surface area contributed by atoms with Crippen molar-refractivity contribution < 1.29 is 60.0 Å². The summed E-state index contributed by atoms with van der Waals surface area (Å²) in [6, 6.07) is 19.8. The van der Waals surface area contributed by atoms with Crippen molar-refractivity contribution in [3.63, 3.8) is 0 Å². The number of phenols is 4. The molecule has 0 saturated carbocycles. The fourth-order valence-corrected chi connectivity index (χ4v) is 12.4. The number of aryl methyl sites for hydroxylation is 4. The average molecular weight is 1600 g/mol. The zero-order valence-corrected chi connectivity index (χ0v) is 72.1. The summed E-state index contributed by atoms with van der Waals surface area (Å²) in [5, 5.41) is 75.4. The minimum atomic E-state index is -1.06. The van der Waals surface area contributed by atoms with Crippen molar-refractivity contribution in [1.29, 1.82) is 0 Å². The molecule has 117 heavy (non-hydrogen) atoms. The summed E-state index contributed by atoms with van der Waals surface area (Å²) in [7, 11) is 0. The first-order chi connectivity index (χ1) is 57.0. The molecule has 0 aromatic heterocycles. The van der Waals surface area contributed by atoms with Gasteiger partial charge >= 0.3 is 23.9 Å². The Morgan fingerprint density at radius 2 is 0.513 bits per heavy atom. The monoisotopic (exact) mass is 1600 g/mol. The molecule has 634 valence electrons. The predicted octanol–water partition coefficient (Wildman–Crippen LogP) is 27.2. The molecule has 0 aliphatic carbocycles. The van der Waals surface area contributed by atoms with Crippen LogP contribution in [0.5, 0.6) is 23.0 Å². The first kappa shape index (κ1) is 108. The summed E-state index contributed by atoms with van der Waals surface area (Å²) in [5.41, 5.74) is 3.17. The molecule has 0 atom stereocenters. The molecule has 12 nitrogen and oxygen atoms in total. The van der Waals surface area contributed by atoms with Crippen LogP contribution in [-0.4, -0.2) is 64.7 Å². The SMILES string of the molecule is C#CC#CC#CC#CC.C=CC/C=C\C/C=C\CCCCCCCc1cccc(O)c1C(=O)O.CC#CC#CC#CC.CCC/C=C\C/C=C\CCCCCCCc1cccc(O)c1C(=O)O.CCCCCC/C=C\CCCCCCCc1cccc(O)c1C(=O)O.CCCCCCCCCCCCCCCc1cccc(O)c1C(=O)O. The summed E-state index contributed by atoms with van der Waals surface area (Å²) < 4.78 is 0. The molecule has 0 fully saturated rings. The van der Waals surface area contributed by atoms with Crippen LogP contribution in [0.25, 0.3) is 0 Å². The molecule has 0 saturated heterocycles. The van der Waals surface area contributed by atoms with Crippen LogP contribution >= 0.6 is 0 Å². The van der Waals surface area contributed by atoms with Crippen LogP contribution in [0.2, 0.25) is 0 Å². The first-order valence-corrected chi connectivity index (χ1v) is 43.2. The van der Waals surface area contributed by atoms with Gasteiger partial charge in [-0.15, -0.1) is 13.0 Å². The van der Waals surface area contributed by atoms with Crippen molar-refractivity contribution in [2.24, 2.45) is 0 Å². The van der Waals surface area contributed by atoms with E-state index in [1.54, 1.807) is 63.2 Å². The van der Waals surface area contributed by atoms with E-state index in [2.05, 4.69) is 165 Å². The maximum absolute atomic E-state index is 11.2.